The SMILES string of the molecule is CC(C)c1nc2cc(C=O)c(Cl)cc2s1. The van der Waals surface area contributed by atoms with Crippen LogP contribution in [0.3, 0.4) is 0 Å². The van der Waals surface area contributed by atoms with Crippen LogP contribution < -0.4 is 0 Å². The molecule has 0 radical (unpaired) electrons. The molecule has 1 heterocycles. The number of hydrogen-bond donors (Lipinski definition) is 0. The lowest BCUT2D eigenvalue weighted by atomic mass is 10.2. The van der Waals surface area contributed by atoms with Gasteiger partial charge in [-0.05, 0) is 12.1 Å². The van der Waals surface area contributed by atoms with Gasteiger partial charge in [0.2, 0.25) is 0 Å². The first-order valence-corrected chi connectivity index (χ1v) is 5.86. The highest BCUT2D eigenvalue weighted by Crippen LogP contribution is 2.30. The number of carbonyl (C=O) groups excluding carboxylic acids is 1. The van der Waals surface area contributed by atoms with E-state index in [0.717, 1.165) is 21.5 Å². The normalized spacial score (nSPS) is 11.2. The molecule has 2 rings (SSSR count). The van der Waals surface area contributed by atoms with E-state index in [9.17, 15) is 4.79 Å². The maximum absolute atomic E-state index is 10.7. The highest BCUT2D eigenvalue weighted by atomic mass is 35.5. The Morgan fingerprint density at radius 3 is 2.80 bits per heavy atom. The van der Waals surface area contributed by atoms with E-state index < -0.39 is 0 Å². The van der Waals surface area contributed by atoms with Crippen LogP contribution in [-0.4, -0.2) is 11.3 Å². The fourth-order valence-corrected chi connectivity index (χ4v) is 2.58. The van der Waals surface area contributed by atoms with E-state index in [-0.39, 0.29) is 0 Å². The summed E-state index contributed by atoms with van der Waals surface area (Å²) < 4.78 is 1.04. The van der Waals surface area contributed by atoms with Crippen LogP contribution in [0.4, 0.5) is 0 Å². The zero-order valence-electron chi connectivity index (χ0n) is 8.45. The number of carbonyl (C=O) groups is 1. The van der Waals surface area contributed by atoms with E-state index in [1.807, 2.05) is 6.07 Å². The molecule has 0 saturated heterocycles. The molecule has 0 fully saturated rings. The summed E-state index contributed by atoms with van der Waals surface area (Å²) in [6.45, 7) is 4.19. The number of rotatable bonds is 2. The zero-order chi connectivity index (χ0) is 11.0. The number of aldehydes is 1. The van der Waals surface area contributed by atoms with Gasteiger partial charge in [-0.3, -0.25) is 4.79 Å². The fraction of sp³-hybridized carbons (Fsp3) is 0.273. The molecule has 0 unspecified atom stereocenters. The second-order valence-corrected chi connectivity index (χ2v) is 5.14. The molecule has 0 aliphatic heterocycles. The van der Waals surface area contributed by atoms with Crippen LogP contribution in [-0.2, 0) is 0 Å². The van der Waals surface area contributed by atoms with E-state index in [4.69, 9.17) is 11.6 Å². The summed E-state index contributed by atoms with van der Waals surface area (Å²) >= 11 is 7.57. The average molecular weight is 240 g/mol. The third-order valence-electron chi connectivity index (χ3n) is 2.14. The van der Waals surface area contributed by atoms with Crippen LogP contribution in [0.25, 0.3) is 10.2 Å². The molecule has 0 atom stereocenters. The fourth-order valence-electron chi connectivity index (χ4n) is 1.32. The first-order valence-electron chi connectivity index (χ1n) is 4.67. The van der Waals surface area contributed by atoms with Gasteiger partial charge in [-0.2, -0.15) is 0 Å². The smallest absolute Gasteiger partial charge is 0.151 e. The molecule has 4 heteroatoms. The molecule has 0 saturated carbocycles. The van der Waals surface area contributed by atoms with Crippen LogP contribution >= 0.6 is 22.9 Å². The number of nitrogens with zero attached hydrogens (tertiary/aromatic N) is 1. The van der Waals surface area contributed by atoms with E-state index in [2.05, 4.69) is 18.8 Å². The quantitative estimate of drug-likeness (QED) is 0.745. The Bertz CT molecular complexity index is 519. The number of benzene rings is 1. The van der Waals surface area contributed by atoms with Gasteiger partial charge in [-0.1, -0.05) is 25.4 Å². The third-order valence-corrected chi connectivity index (χ3v) is 3.79. The molecule has 15 heavy (non-hydrogen) atoms. The van der Waals surface area contributed by atoms with Gasteiger partial charge in [0, 0.05) is 11.5 Å². The van der Waals surface area contributed by atoms with Crippen molar-refractivity contribution in [2.45, 2.75) is 19.8 Å². The van der Waals surface area contributed by atoms with Gasteiger partial charge in [-0.25, -0.2) is 4.98 Å². The van der Waals surface area contributed by atoms with Crippen molar-refractivity contribution in [2.24, 2.45) is 0 Å². The molecule has 1 aromatic carbocycles. The maximum Gasteiger partial charge on any atom is 0.151 e. The van der Waals surface area contributed by atoms with Crippen molar-refractivity contribution >= 4 is 39.4 Å². The number of fused-ring (bicyclic) bond motifs is 1. The predicted molar refractivity (Wildman–Crippen MR) is 64.1 cm³/mol. The van der Waals surface area contributed by atoms with Crippen LogP contribution in [0.2, 0.25) is 5.02 Å². The first kappa shape index (κ1) is 10.6. The van der Waals surface area contributed by atoms with Gasteiger partial charge in [-0.15, -0.1) is 11.3 Å². The number of hydrogen-bond acceptors (Lipinski definition) is 3. The third kappa shape index (κ3) is 1.90. The van der Waals surface area contributed by atoms with Crippen molar-refractivity contribution in [1.82, 2.24) is 4.98 Å². The van der Waals surface area contributed by atoms with Crippen molar-refractivity contribution in [3.8, 4) is 0 Å². The molecule has 2 aromatic rings. The molecule has 0 aliphatic carbocycles. The second kappa shape index (κ2) is 3.91. The summed E-state index contributed by atoms with van der Waals surface area (Å²) in [6, 6.07) is 3.55. The average Bonchev–Trinajstić information content (AvgIpc) is 2.59. The van der Waals surface area contributed by atoms with Gasteiger partial charge < -0.3 is 0 Å². The van der Waals surface area contributed by atoms with E-state index in [0.29, 0.717) is 16.5 Å². The lowest BCUT2D eigenvalue weighted by Gasteiger charge is -1.94. The summed E-state index contributed by atoms with van der Waals surface area (Å²) in [5.41, 5.74) is 1.36. The summed E-state index contributed by atoms with van der Waals surface area (Å²) in [6.07, 6.45) is 0.760. The lowest BCUT2D eigenvalue weighted by Crippen LogP contribution is -1.84. The summed E-state index contributed by atoms with van der Waals surface area (Å²) in [5.74, 6) is 0.404. The van der Waals surface area contributed by atoms with E-state index in [1.54, 1.807) is 17.4 Å². The number of thiazole rings is 1. The van der Waals surface area contributed by atoms with Crippen molar-refractivity contribution in [3.05, 3.63) is 27.7 Å². The molecule has 78 valence electrons. The van der Waals surface area contributed by atoms with E-state index >= 15 is 0 Å². The molecule has 0 aliphatic rings. The minimum atomic E-state index is 0.404. The molecular formula is C11H10ClNOS. The van der Waals surface area contributed by atoms with Crippen LogP contribution in [0.15, 0.2) is 12.1 Å². The van der Waals surface area contributed by atoms with E-state index in [1.165, 1.54) is 0 Å². The zero-order valence-corrected chi connectivity index (χ0v) is 10.0. The molecule has 1 aromatic heterocycles. The summed E-state index contributed by atoms with van der Waals surface area (Å²) in [4.78, 5) is 15.2. The van der Waals surface area contributed by atoms with Gasteiger partial charge in [0.15, 0.2) is 6.29 Å². The maximum atomic E-state index is 10.7. The highest BCUT2D eigenvalue weighted by molar-refractivity contribution is 7.18. The topological polar surface area (TPSA) is 30.0 Å². The van der Waals surface area contributed by atoms with Gasteiger partial charge in [0.25, 0.3) is 0 Å². The Hall–Kier alpha value is -0.930. The van der Waals surface area contributed by atoms with Gasteiger partial charge in [0.05, 0.1) is 20.2 Å². The summed E-state index contributed by atoms with van der Waals surface area (Å²) in [5, 5.41) is 1.57. The largest absolute Gasteiger partial charge is 0.298 e. The molecule has 0 spiro atoms. The Kier molecular flexibility index (Phi) is 2.76. The summed E-state index contributed by atoms with van der Waals surface area (Å²) in [7, 11) is 0. The van der Waals surface area contributed by atoms with Crippen LogP contribution in [0.1, 0.15) is 35.1 Å². The van der Waals surface area contributed by atoms with Crippen molar-refractivity contribution in [1.29, 1.82) is 0 Å². The molecule has 0 bridgehead atoms. The molecule has 0 N–H and O–H groups in total. The van der Waals surface area contributed by atoms with Crippen molar-refractivity contribution in [2.75, 3.05) is 0 Å². The standard InChI is InChI=1S/C11H10ClNOS/c1-6(2)11-13-9-3-7(5-14)8(12)4-10(9)15-11/h3-6H,1-2H3. The minimum absolute atomic E-state index is 0.404. The van der Waals surface area contributed by atoms with Crippen molar-refractivity contribution < 1.29 is 4.79 Å². The lowest BCUT2D eigenvalue weighted by molar-refractivity contribution is 0.112. The molecule has 2 nitrogen and oxygen atoms in total. The van der Waals surface area contributed by atoms with Crippen LogP contribution in [0.5, 0.6) is 0 Å². The Morgan fingerprint density at radius 2 is 2.20 bits per heavy atom. The van der Waals surface area contributed by atoms with Gasteiger partial charge in [0.1, 0.15) is 0 Å². The number of halogens is 1. The highest BCUT2D eigenvalue weighted by Gasteiger charge is 2.09. The Morgan fingerprint density at radius 1 is 1.47 bits per heavy atom. The second-order valence-electron chi connectivity index (χ2n) is 3.67. The number of aromatic nitrogens is 1. The minimum Gasteiger partial charge on any atom is -0.298 e. The van der Waals surface area contributed by atoms with Crippen LogP contribution in [0, 0.1) is 0 Å². The monoisotopic (exact) mass is 239 g/mol. The van der Waals surface area contributed by atoms with Crippen molar-refractivity contribution in [3.63, 3.8) is 0 Å². The van der Waals surface area contributed by atoms with Gasteiger partial charge >= 0.3 is 0 Å². The Balaban J connectivity index is 2.66. The first-order chi connectivity index (χ1) is 7.11. The predicted octanol–water partition coefficient (Wildman–Crippen LogP) is 3.89. The molecule has 0 amide bonds. The molecular weight excluding hydrogens is 230 g/mol. The Labute approximate surface area is 96.9 Å².